The summed E-state index contributed by atoms with van der Waals surface area (Å²) in [6.45, 7) is 11.4. The van der Waals surface area contributed by atoms with E-state index in [1.54, 1.807) is 6.92 Å². The summed E-state index contributed by atoms with van der Waals surface area (Å²) in [5.41, 5.74) is -1.36. The van der Waals surface area contributed by atoms with Gasteiger partial charge in [-0.05, 0) is 113 Å². The van der Waals surface area contributed by atoms with E-state index in [4.69, 9.17) is 61.0 Å². The molecule has 3 unspecified atom stereocenters. The van der Waals surface area contributed by atoms with E-state index in [0.29, 0.717) is 38.5 Å². The van der Waals surface area contributed by atoms with Crippen LogP contribution in [0.4, 0.5) is 0 Å². The Hall–Kier alpha value is -1.84. The SMILES string of the molecule is CC(C)CC(=O)CC(C)(O)[C@H]1CCC2C3C[C@H](O[C@@H]4O[C@H](C)[C@@H](O)[C@H](O[C@@H]5OC[C@@H](O[C@@H]6O[C@H](CO)[C@H](O)[C@H](O)[C@H]6O[C@@H]6O[C@H](C)[C@H](O)[C@H](O[C@@H]7O[C@H](CO)[C@H](O)[C@H](O)[C@H]7O)[C@H]6O)[C@H](O)[C@H]5O[C@@H]5O[C@H](C)[C@@H](O)[C@H](O)[C@H]5O)[C@H]4O)[C@H]4C[C@@H](OS(=O)(=O)O)CC[C@]4(C)C3=CC[C@@]21C. The number of hydrogen-bond donors (Lipinski definition) is 17. The fourth-order valence-corrected chi connectivity index (χ4v) is 17.8. The van der Waals surface area contributed by atoms with Crippen LogP contribution in [0.2, 0.25) is 0 Å². The molecule has 34 heteroatoms. The Morgan fingerprint density at radius 1 is 0.573 bits per heavy atom. The molecule has 17 N–H and O–H groups in total. The highest BCUT2D eigenvalue weighted by atomic mass is 32.3. The van der Waals surface area contributed by atoms with Gasteiger partial charge in [-0.1, -0.05) is 39.3 Å². The molecule has 0 amide bonds. The third kappa shape index (κ3) is 15.2. The van der Waals surface area contributed by atoms with E-state index in [1.807, 2.05) is 13.8 Å². The summed E-state index contributed by atoms with van der Waals surface area (Å²) in [4.78, 5) is 13.3. The maximum atomic E-state index is 13.3. The first-order valence-electron chi connectivity index (χ1n) is 33.4. The molecular formula is C62H102O33S. The maximum Gasteiger partial charge on any atom is 0.397 e. The van der Waals surface area contributed by atoms with Gasteiger partial charge in [0.05, 0.1) is 55.9 Å². The molecule has 0 bridgehead atoms. The van der Waals surface area contributed by atoms with Gasteiger partial charge in [-0.3, -0.25) is 9.35 Å². The second kappa shape index (κ2) is 30.1. The largest absolute Gasteiger partial charge is 0.397 e. The molecule has 554 valence electrons. The Morgan fingerprint density at radius 3 is 1.64 bits per heavy atom. The van der Waals surface area contributed by atoms with E-state index in [2.05, 4.69) is 19.9 Å². The standard InChI is InChI=1S/C62H102O33S/c1-22(2)15-26(65)18-62(8,79)36-10-9-29-28-17-32(31-16-27(95-96(80,81)82)11-13-60(31,6)30(28)12-14-61(29,36)7)87-56-48(77)51(39(68)24(4)85-56)92-58-52(93-54-46(75)43(72)37(66)23(3)84-54)42(71)35(21-83-58)90-59-53(45(74)41(70)34(20-64)89-59)94-57-49(78)50(38(67)25(5)86-57)91-55-47(76)44(73)40(69)33(19-63)88-55/h12,22-25,27-29,31-59,63-64,66-79H,9-11,13-21H2,1-8H3,(H,80,81,82)/t23-,24-,25-,27+,28?,29?,31-,32+,33-,34-,35-,36+,37-,38+,39-,40+,41+,42+,43+,44+,45+,46-,47-,48-,49-,50+,51+,52-,53-,54+,55+,56+,57+,58+,59+,60-,61+,62?/m1/s1. The number of carbonyl (C=O) groups is 1. The normalized spacial score (nSPS) is 51.6. The molecule has 0 radical (unpaired) electrons. The van der Waals surface area contributed by atoms with E-state index in [-0.39, 0.29) is 48.7 Å². The van der Waals surface area contributed by atoms with Crippen LogP contribution >= 0.6 is 0 Å². The van der Waals surface area contributed by atoms with Gasteiger partial charge >= 0.3 is 10.4 Å². The number of aliphatic hydroxyl groups is 16. The molecule has 33 nitrogen and oxygen atoms in total. The summed E-state index contributed by atoms with van der Waals surface area (Å²) < 4.78 is 112. The second-order valence-corrected chi connectivity index (χ2v) is 30.5. The third-order valence-electron chi connectivity index (χ3n) is 22.4. The Balaban J connectivity index is 0.903. The topological polar surface area (TPSA) is 515 Å². The molecule has 0 spiro atoms. The number of rotatable bonds is 21. The van der Waals surface area contributed by atoms with Crippen LogP contribution in [0.3, 0.4) is 0 Å². The molecular weight excluding hydrogens is 1300 g/mol. The monoisotopic (exact) mass is 1410 g/mol. The Labute approximate surface area is 555 Å². The Morgan fingerprint density at radius 2 is 1.06 bits per heavy atom. The van der Waals surface area contributed by atoms with Crippen molar-refractivity contribution in [1.29, 1.82) is 0 Å². The van der Waals surface area contributed by atoms with E-state index in [0.717, 1.165) is 5.57 Å². The Bertz CT molecular complexity index is 2750. The summed E-state index contributed by atoms with van der Waals surface area (Å²) >= 11 is 0. The van der Waals surface area contributed by atoms with E-state index in [9.17, 15) is 99.5 Å². The molecule has 10 rings (SSSR count). The quantitative estimate of drug-likeness (QED) is 0.0379. The molecule has 0 aromatic carbocycles. The van der Waals surface area contributed by atoms with Crippen LogP contribution in [0.5, 0.6) is 0 Å². The van der Waals surface area contributed by atoms with Crippen LogP contribution in [0, 0.1) is 40.4 Å². The lowest BCUT2D eigenvalue weighted by Crippen LogP contribution is -2.67. The molecule has 0 aromatic heterocycles. The van der Waals surface area contributed by atoms with Gasteiger partial charge in [-0.2, -0.15) is 8.42 Å². The average Bonchev–Trinajstić information content (AvgIpc) is 1.29. The molecule has 4 aliphatic carbocycles. The van der Waals surface area contributed by atoms with Gasteiger partial charge in [0.15, 0.2) is 37.7 Å². The van der Waals surface area contributed by atoms with Gasteiger partial charge in [0, 0.05) is 12.8 Å². The number of ether oxygens (including phenoxy) is 12. The van der Waals surface area contributed by atoms with E-state index < -0.39 is 243 Å². The van der Waals surface area contributed by atoms with Gasteiger partial charge in [-0.25, -0.2) is 4.18 Å². The van der Waals surface area contributed by atoms with E-state index in [1.165, 1.54) is 20.8 Å². The first kappa shape index (κ1) is 76.8. The smallest absolute Gasteiger partial charge is 0.394 e. The average molecular weight is 1410 g/mol. The molecule has 96 heavy (non-hydrogen) atoms. The van der Waals surface area contributed by atoms with Gasteiger partial charge in [0.25, 0.3) is 0 Å². The second-order valence-electron chi connectivity index (χ2n) is 29.5. The van der Waals surface area contributed by atoms with Crippen LogP contribution in [0.25, 0.3) is 0 Å². The van der Waals surface area contributed by atoms with Crippen molar-refractivity contribution in [2.75, 3.05) is 19.8 Å². The zero-order valence-corrected chi connectivity index (χ0v) is 55.7. The maximum absolute atomic E-state index is 13.3. The molecule has 0 aromatic rings. The lowest BCUT2D eigenvalue weighted by molar-refractivity contribution is -0.402. The van der Waals surface area contributed by atoms with Crippen molar-refractivity contribution >= 4 is 16.2 Å². The molecule has 3 saturated carbocycles. The van der Waals surface area contributed by atoms with Gasteiger partial charge in [-0.15, -0.1) is 0 Å². The summed E-state index contributed by atoms with van der Waals surface area (Å²) in [7, 11) is -4.92. The van der Waals surface area contributed by atoms with Crippen molar-refractivity contribution in [2.24, 2.45) is 40.4 Å². The van der Waals surface area contributed by atoms with Crippen LogP contribution in [-0.4, -0.2) is 316 Å². The minimum Gasteiger partial charge on any atom is -0.394 e. The summed E-state index contributed by atoms with van der Waals surface area (Å²) in [5, 5.41) is 179. The van der Waals surface area contributed by atoms with Crippen molar-refractivity contribution in [3.63, 3.8) is 0 Å². The lowest BCUT2D eigenvalue weighted by Gasteiger charge is -2.60. The molecule has 6 saturated heterocycles. The zero-order chi connectivity index (χ0) is 70.3. The lowest BCUT2D eigenvalue weighted by atomic mass is 9.47. The number of carbonyl (C=O) groups excluding carboxylic acids is 1. The number of allylic oxidation sites excluding steroid dienone is 2. The highest BCUT2D eigenvalue weighted by Gasteiger charge is 2.64. The fourth-order valence-electron chi connectivity index (χ4n) is 17.2. The predicted molar refractivity (Wildman–Crippen MR) is 318 cm³/mol. The molecule has 9 fully saturated rings. The highest BCUT2D eigenvalue weighted by Crippen LogP contribution is 2.67. The number of fused-ring (bicyclic) bond motifs is 5. The van der Waals surface area contributed by atoms with Crippen molar-refractivity contribution in [1.82, 2.24) is 0 Å². The van der Waals surface area contributed by atoms with E-state index >= 15 is 0 Å². The number of ketones is 1. The minimum absolute atomic E-state index is 0.00878. The van der Waals surface area contributed by atoms with Crippen LogP contribution in [-0.2, 0) is 76.2 Å². The molecule has 10 aliphatic rings. The first-order chi connectivity index (χ1) is 44.9. The van der Waals surface area contributed by atoms with Crippen LogP contribution < -0.4 is 0 Å². The first-order valence-corrected chi connectivity index (χ1v) is 34.8. The number of hydrogen-bond acceptors (Lipinski definition) is 32. The van der Waals surface area contributed by atoms with Crippen LogP contribution in [0.15, 0.2) is 11.6 Å². The molecule has 6 aliphatic heterocycles. The van der Waals surface area contributed by atoms with Crippen molar-refractivity contribution in [3.05, 3.63) is 11.6 Å². The van der Waals surface area contributed by atoms with Crippen LogP contribution in [0.1, 0.15) is 113 Å². The Kier molecular flexibility index (Phi) is 24.1. The fraction of sp³-hybridized carbons (Fsp3) is 0.952. The zero-order valence-electron chi connectivity index (χ0n) is 54.9. The summed E-state index contributed by atoms with van der Waals surface area (Å²) in [6, 6.07) is 0. The molecule has 38 atom stereocenters. The van der Waals surface area contributed by atoms with Gasteiger partial charge in [0.1, 0.15) is 128 Å². The number of Topliss-reactive ketones (excluding diaryl/α,β-unsaturated/α-hetero) is 1. The number of aliphatic hydroxyl groups excluding tert-OH is 15. The van der Waals surface area contributed by atoms with Crippen molar-refractivity contribution in [3.8, 4) is 0 Å². The summed E-state index contributed by atoms with van der Waals surface area (Å²) in [5.74, 6) is -0.947. The predicted octanol–water partition coefficient (Wildman–Crippen LogP) is -4.85. The third-order valence-corrected chi connectivity index (χ3v) is 22.9. The minimum atomic E-state index is -4.92. The van der Waals surface area contributed by atoms with Crippen molar-refractivity contribution < 1.29 is 160 Å². The van der Waals surface area contributed by atoms with Gasteiger partial charge in [0.2, 0.25) is 0 Å². The van der Waals surface area contributed by atoms with Gasteiger partial charge < -0.3 is 139 Å². The highest BCUT2D eigenvalue weighted by molar-refractivity contribution is 7.80. The van der Waals surface area contributed by atoms with Crippen molar-refractivity contribution in [2.45, 2.75) is 309 Å². The molecule has 6 heterocycles. The summed E-state index contributed by atoms with van der Waals surface area (Å²) in [6.07, 6.45) is -48.6.